The van der Waals surface area contributed by atoms with Crippen molar-refractivity contribution in [3.63, 3.8) is 0 Å². The lowest BCUT2D eigenvalue weighted by Crippen LogP contribution is -2.38. The number of para-hydroxylation sites is 2. The zero-order chi connectivity index (χ0) is 32.2. The van der Waals surface area contributed by atoms with E-state index in [9.17, 15) is 0 Å². The van der Waals surface area contributed by atoms with Gasteiger partial charge in [0.05, 0.1) is 60.0 Å². The van der Waals surface area contributed by atoms with Gasteiger partial charge in [0, 0.05) is 41.2 Å². The monoisotopic (exact) mass is 669 g/mol. The Labute approximate surface area is 279 Å². The fourth-order valence-electron chi connectivity index (χ4n) is 5.67. The summed E-state index contributed by atoms with van der Waals surface area (Å²) >= 11 is 1.57. The van der Waals surface area contributed by atoms with Crippen molar-refractivity contribution in [2.45, 2.75) is 39.0 Å². The van der Waals surface area contributed by atoms with E-state index in [1.807, 2.05) is 46.7 Å². The van der Waals surface area contributed by atoms with Gasteiger partial charge in [-0.25, -0.2) is 4.98 Å². The highest BCUT2D eigenvalue weighted by Crippen LogP contribution is 2.31. The number of aromatic nitrogens is 7. The van der Waals surface area contributed by atoms with Crippen LogP contribution in [0.5, 0.6) is 5.75 Å². The van der Waals surface area contributed by atoms with Gasteiger partial charge in [0.2, 0.25) is 11.9 Å². The van der Waals surface area contributed by atoms with Crippen molar-refractivity contribution >= 4 is 48.7 Å². The highest BCUT2D eigenvalue weighted by atomic mass is 32.1. The number of methoxy groups -OCH3 is 1. The van der Waals surface area contributed by atoms with Crippen molar-refractivity contribution in [3.8, 4) is 16.2 Å². The van der Waals surface area contributed by atoms with Gasteiger partial charge in [0.15, 0.2) is 5.65 Å². The van der Waals surface area contributed by atoms with Crippen LogP contribution in [-0.2, 0) is 29.3 Å². The van der Waals surface area contributed by atoms with E-state index >= 15 is 0 Å². The van der Waals surface area contributed by atoms with Crippen LogP contribution in [0, 0.1) is 0 Å². The topological polar surface area (TPSA) is 108 Å². The number of nitrogens with zero attached hydrogens (tertiary/aromatic N) is 9. The molecule has 2 aromatic carbocycles. The van der Waals surface area contributed by atoms with Crippen molar-refractivity contribution in [2.75, 3.05) is 49.8 Å². The van der Waals surface area contributed by atoms with E-state index in [2.05, 4.69) is 56.7 Å². The highest BCUT2D eigenvalue weighted by Gasteiger charge is 2.25. The van der Waals surface area contributed by atoms with Gasteiger partial charge < -0.3 is 28.6 Å². The van der Waals surface area contributed by atoms with Crippen molar-refractivity contribution in [3.05, 3.63) is 77.8 Å². The standard InChI is InChI=1S/C33H39N9O3SSi/c1-43-25-10-8-24(9-11-25)20-40(21-30-36-27-6-4-5-7-28(27)41(30)23-45-16-17-47(2)3)33-38-32(39-12-14-44-15-13-39)37-31-26(18-35-42(31)33)29-19-34-22-46-29/h4-11,18-19,22,47H,12-17,20-21,23H2,1-3H3. The van der Waals surface area contributed by atoms with Crippen LogP contribution in [0.4, 0.5) is 11.9 Å². The van der Waals surface area contributed by atoms with Crippen LogP contribution in [-0.4, -0.2) is 82.9 Å². The van der Waals surface area contributed by atoms with Crippen LogP contribution in [0.2, 0.25) is 19.1 Å². The Morgan fingerprint density at radius 3 is 2.57 bits per heavy atom. The average molecular weight is 670 g/mol. The number of benzene rings is 2. The molecular weight excluding hydrogens is 631 g/mol. The fourth-order valence-corrected chi connectivity index (χ4v) is 6.93. The Morgan fingerprint density at radius 1 is 0.979 bits per heavy atom. The van der Waals surface area contributed by atoms with Gasteiger partial charge in [0.25, 0.3) is 0 Å². The van der Waals surface area contributed by atoms with E-state index in [1.54, 1.807) is 18.4 Å². The zero-order valence-electron chi connectivity index (χ0n) is 27.0. The third-order valence-electron chi connectivity index (χ3n) is 8.27. The Balaban J connectivity index is 1.34. The average Bonchev–Trinajstić information content (AvgIpc) is 3.86. The SMILES string of the molecule is COc1ccc(CN(Cc2nc3ccccc3n2COCC[SiH](C)C)c2nc(N3CCOCC3)nc3c(-c4cncs4)cnn23)cc1. The molecule has 0 spiro atoms. The van der Waals surface area contributed by atoms with Crippen LogP contribution >= 0.6 is 11.3 Å². The molecular formula is C33H39N9O3SSi. The van der Waals surface area contributed by atoms with E-state index in [0.29, 0.717) is 58.0 Å². The van der Waals surface area contributed by atoms with E-state index in [-0.39, 0.29) is 0 Å². The van der Waals surface area contributed by atoms with Crippen molar-refractivity contribution in [2.24, 2.45) is 0 Å². The predicted molar refractivity (Wildman–Crippen MR) is 187 cm³/mol. The third-order valence-corrected chi connectivity index (χ3v) is 10.5. The minimum atomic E-state index is -0.718. The number of anilines is 2. The number of imidazole rings is 1. The van der Waals surface area contributed by atoms with Crippen LogP contribution in [0.15, 0.2) is 66.4 Å². The fraction of sp³-hybridized carbons (Fsp3) is 0.364. The third kappa shape index (κ3) is 6.86. The first kappa shape index (κ1) is 31.2. The van der Waals surface area contributed by atoms with Crippen LogP contribution < -0.4 is 14.5 Å². The lowest BCUT2D eigenvalue weighted by molar-refractivity contribution is 0.0882. The molecule has 1 saturated heterocycles. The zero-order valence-corrected chi connectivity index (χ0v) is 28.9. The number of morpholine rings is 1. The van der Waals surface area contributed by atoms with Gasteiger partial charge in [0.1, 0.15) is 18.3 Å². The molecule has 7 rings (SSSR count). The molecule has 0 amide bonds. The molecule has 4 aromatic heterocycles. The lowest BCUT2D eigenvalue weighted by atomic mass is 10.2. The molecule has 244 valence electrons. The van der Waals surface area contributed by atoms with E-state index in [4.69, 9.17) is 34.3 Å². The molecule has 0 radical (unpaired) electrons. The lowest BCUT2D eigenvalue weighted by Gasteiger charge is -2.29. The Bertz CT molecular complexity index is 1920. The summed E-state index contributed by atoms with van der Waals surface area (Å²) in [6, 6.07) is 17.5. The maximum absolute atomic E-state index is 6.24. The van der Waals surface area contributed by atoms with Gasteiger partial charge in [-0.15, -0.1) is 11.3 Å². The summed E-state index contributed by atoms with van der Waals surface area (Å²) in [5.74, 6) is 3.02. The number of ether oxygens (including phenoxy) is 3. The first-order valence-electron chi connectivity index (χ1n) is 15.9. The van der Waals surface area contributed by atoms with Gasteiger partial charge in [-0.3, -0.25) is 4.98 Å². The second-order valence-corrected chi connectivity index (χ2v) is 16.2. The van der Waals surface area contributed by atoms with Crippen LogP contribution in [0.25, 0.3) is 27.1 Å². The summed E-state index contributed by atoms with van der Waals surface area (Å²) in [4.78, 5) is 25.1. The van der Waals surface area contributed by atoms with Gasteiger partial charge in [-0.1, -0.05) is 37.4 Å². The quantitative estimate of drug-likeness (QED) is 0.122. The minimum absolute atomic E-state index is 0.433. The molecule has 1 fully saturated rings. The molecule has 12 nitrogen and oxygen atoms in total. The van der Waals surface area contributed by atoms with Gasteiger partial charge in [-0.05, 0) is 35.9 Å². The highest BCUT2D eigenvalue weighted by molar-refractivity contribution is 7.13. The maximum atomic E-state index is 6.24. The Kier molecular flexibility index (Phi) is 9.42. The summed E-state index contributed by atoms with van der Waals surface area (Å²) < 4.78 is 21.4. The molecule has 47 heavy (non-hydrogen) atoms. The minimum Gasteiger partial charge on any atom is -0.497 e. The van der Waals surface area contributed by atoms with Crippen LogP contribution in [0.1, 0.15) is 11.4 Å². The van der Waals surface area contributed by atoms with Crippen LogP contribution in [0.3, 0.4) is 0 Å². The number of rotatable bonds is 13. The number of fused-ring (bicyclic) bond motifs is 2. The summed E-state index contributed by atoms with van der Waals surface area (Å²) in [5, 5.41) is 4.85. The first-order chi connectivity index (χ1) is 23.1. The molecule has 14 heteroatoms. The smallest absolute Gasteiger partial charge is 0.232 e. The molecule has 0 saturated carbocycles. The van der Waals surface area contributed by atoms with E-state index < -0.39 is 8.80 Å². The second kappa shape index (κ2) is 14.2. The summed E-state index contributed by atoms with van der Waals surface area (Å²) in [6.45, 7) is 9.58. The molecule has 0 N–H and O–H groups in total. The second-order valence-electron chi connectivity index (χ2n) is 12.0. The first-order valence-corrected chi connectivity index (χ1v) is 19.9. The Morgan fingerprint density at radius 2 is 1.81 bits per heavy atom. The van der Waals surface area contributed by atoms with Gasteiger partial charge in [-0.2, -0.15) is 19.6 Å². The van der Waals surface area contributed by atoms with E-state index in [1.165, 1.54) is 0 Å². The Hall–Kier alpha value is -4.37. The normalized spacial score (nSPS) is 13.7. The molecule has 5 heterocycles. The molecule has 1 aliphatic heterocycles. The molecule has 0 aliphatic carbocycles. The van der Waals surface area contributed by atoms with Crippen molar-refractivity contribution in [1.29, 1.82) is 0 Å². The molecule has 0 atom stereocenters. The van der Waals surface area contributed by atoms with Crippen molar-refractivity contribution < 1.29 is 14.2 Å². The number of hydrogen-bond donors (Lipinski definition) is 0. The van der Waals surface area contributed by atoms with Crippen molar-refractivity contribution in [1.82, 2.24) is 34.1 Å². The summed E-state index contributed by atoms with van der Waals surface area (Å²) in [7, 11) is 0.963. The summed E-state index contributed by atoms with van der Waals surface area (Å²) in [6.07, 6.45) is 3.72. The largest absolute Gasteiger partial charge is 0.497 e. The number of thiazole rings is 1. The molecule has 0 unspecified atom stereocenters. The summed E-state index contributed by atoms with van der Waals surface area (Å²) in [5.41, 5.74) is 6.56. The van der Waals surface area contributed by atoms with Gasteiger partial charge >= 0.3 is 0 Å². The molecule has 1 aliphatic rings. The molecule has 0 bridgehead atoms. The molecule has 6 aromatic rings. The predicted octanol–water partition coefficient (Wildman–Crippen LogP) is 5.11. The maximum Gasteiger partial charge on any atom is 0.232 e. The van der Waals surface area contributed by atoms with E-state index in [0.717, 1.165) is 56.9 Å². The number of hydrogen-bond acceptors (Lipinski definition) is 11.